The summed E-state index contributed by atoms with van der Waals surface area (Å²) in [5.41, 5.74) is 8.42. The van der Waals surface area contributed by atoms with E-state index in [1.54, 1.807) is 24.3 Å². The summed E-state index contributed by atoms with van der Waals surface area (Å²) in [6.45, 7) is 3.96. The molecule has 0 bridgehead atoms. The van der Waals surface area contributed by atoms with Gasteiger partial charge in [-0.1, -0.05) is 31.2 Å². The highest BCUT2D eigenvalue weighted by molar-refractivity contribution is 6.03. The van der Waals surface area contributed by atoms with Gasteiger partial charge in [0.2, 0.25) is 5.91 Å². The first-order chi connectivity index (χ1) is 12.0. The number of carbonyl (C=O) groups excluding carboxylic acids is 2. The topological polar surface area (TPSA) is 84.2 Å². The quantitative estimate of drug-likeness (QED) is 0.676. The first kappa shape index (κ1) is 18.5. The van der Waals surface area contributed by atoms with Crippen molar-refractivity contribution >= 4 is 23.2 Å². The molecular weight excluding hydrogens is 314 g/mol. The minimum Gasteiger partial charge on any atom is -0.399 e. The third kappa shape index (κ3) is 5.64. The first-order valence-electron chi connectivity index (χ1n) is 8.53. The summed E-state index contributed by atoms with van der Waals surface area (Å²) in [4.78, 5) is 24.6. The lowest BCUT2D eigenvalue weighted by atomic mass is 10.1. The molecule has 5 nitrogen and oxygen atoms in total. The van der Waals surface area contributed by atoms with E-state index in [0.717, 1.165) is 12.0 Å². The molecule has 0 spiro atoms. The van der Waals surface area contributed by atoms with Gasteiger partial charge in [0.25, 0.3) is 5.91 Å². The molecule has 0 fully saturated rings. The molecule has 2 rings (SSSR count). The summed E-state index contributed by atoms with van der Waals surface area (Å²) in [6.07, 6.45) is 1.81. The maximum Gasteiger partial charge on any atom is 0.253 e. The van der Waals surface area contributed by atoms with Crippen molar-refractivity contribution in [2.24, 2.45) is 0 Å². The van der Waals surface area contributed by atoms with Gasteiger partial charge in [0.1, 0.15) is 0 Å². The number of nitrogens with two attached hydrogens (primary N) is 1. The Morgan fingerprint density at radius 3 is 2.44 bits per heavy atom. The number of aryl methyl sites for hydroxylation is 1. The lowest BCUT2D eigenvalue weighted by Crippen LogP contribution is -2.32. The van der Waals surface area contributed by atoms with Crippen LogP contribution in [0.2, 0.25) is 0 Å². The molecule has 2 aromatic rings. The Labute approximate surface area is 148 Å². The van der Waals surface area contributed by atoms with E-state index in [-0.39, 0.29) is 17.9 Å². The molecule has 0 aromatic heterocycles. The Balaban J connectivity index is 1.98. The molecule has 0 aliphatic rings. The van der Waals surface area contributed by atoms with Crippen LogP contribution in [0.25, 0.3) is 0 Å². The Morgan fingerprint density at radius 1 is 1.08 bits per heavy atom. The normalized spacial score (nSPS) is 11.6. The van der Waals surface area contributed by atoms with Gasteiger partial charge >= 0.3 is 0 Å². The monoisotopic (exact) mass is 339 g/mol. The number of anilines is 2. The van der Waals surface area contributed by atoms with E-state index in [2.05, 4.69) is 10.6 Å². The average Bonchev–Trinajstić information content (AvgIpc) is 2.61. The van der Waals surface area contributed by atoms with Gasteiger partial charge in [-0.25, -0.2) is 0 Å². The van der Waals surface area contributed by atoms with Crippen LogP contribution in [0.5, 0.6) is 0 Å². The molecule has 0 aliphatic carbocycles. The minimum atomic E-state index is -0.177. The van der Waals surface area contributed by atoms with Crippen LogP contribution in [0.4, 0.5) is 11.4 Å². The second kappa shape index (κ2) is 8.87. The summed E-state index contributed by atoms with van der Waals surface area (Å²) in [5, 5.41) is 5.76. The molecule has 5 heteroatoms. The van der Waals surface area contributed by atoms with Crippen molar-refractivity contribution < 1.29 is 9.59 Å². The fourth-order valence-electron chi connectivity index (χ4n) is 2.35. The van der Waals surface area contributed by atoms with Gasteiger partial charge < -0.3 is 16.4 Å². The van der Waals surface area contributed by atoms with Crippen LogP contribution in [0.15, 0.2) is 48.5 Å². The highest BCUT2D eigenvalue weighted by atomic mass is 16.2. The van der Waals surface area contributed by atoms with Crippen LogP contribution < -0.4 is 16.4 Å². The molecular formula is C20H25N3O2. The highest BCUT2D eigenvalue weighted by Gasteiger charge is 2.14. The molecule has 4 N–H and O–H groups in total. The number of nitrogens with one attached hydrogen (secondary N) is 2. The summed E-state index contributed by atoms with van der Waals surface area (Å²) >= 11 is 0. The van der Waals surface area contributed by atoms with Crippen LogP contribution in [-0.2, 0) is 11.2 Å². The van der Waals surface area contributed by atoms with Crippen molar-refractivity contribution in [2.45, 2.75) is 39.2 Å². The van der Waals surface area contributed by atoms with Crippen molar-refractivity contribution in [3.8, 4) is 0 Å². The largest absolute Gasteiger partial charge is 0.399 e. The second-order valence-corrected chi connectivity index (χ2v) is 6.12. The molecule has 0 saturated carbocycles. The molecule has 0 heterocycles. The van der Waals surface area contributed by atoms with E-state index >= 15 is 0 Å². The van der Waals surface area contributed by atoms with Gasteiger partial charge in [-0.15, -0.1) is 0 Å². The van der Waals surface area contributed by atoms with Crippen molar-refractivity contribution in [3.63, 3.8) is 0 Å². The molecule has 2 aromatic carbocycles. The smallest absolute Gasteiger partial charge is 0.253 e. The maximum absolute atomic E-state index is 12.4. The average molecular weight is 339 g/mol. The number of benzene rings is 2. The Kier molecular flexibility index (Phi) is 6.57. The summed E-state index contributed by atoms with van der Waals surface area (Å²) in [6, 6.07) is 14.6. The van der Waals surface area contributed by atoms with E-state index in [1.807, 2.05) is 38.1 Å². The maximum atomic E-state index is 12.4. The number of rotatable bonds is 7. The van der Waals surface area contributed by atoms with Crippen LogP contribution >= 0.6 is 0 Å². The number of hydrogen-bond acceptors (Lipinski definition) is 3. The van der Waals surface area contributed by atoms with E-state index in [1.165, 1.54) is 0 Å². The van der Waals surface area contributed by atoms with Crippen LogP contribution in [0.3, 0.4) is 0 Å². The number of amides is 2. The van der Waals surface area contributed by atoms with Gasteiger partial charge in [-0.3, -0.25) is 9.59 Å². The van der Waals surface area contributed by atoms with Crippen molar-refractivity contribution in [2.75, 3.05) is 11.1 Å². The standard InChI is InChI=1S/C20H25N3O2/c1-3-14(2)22-20(25)17-6-4-5-7-18(17)23-19(24)13-10-15-8-11-16(21)12-9-15/h4-9,11-12,14H,3,10,13,21H2,1-2H3,(H,22,25)(H,23,24). The number of para-hydroxylation sites is 1. The summed E-state index contributed by atoms with van der Waals surface area (Å²) < 4.78 is 0. The predicted molar refractivity (Wildman–Crippen MR) is 101 cm³/mol. The summed E-state index contributed by atoms with van der Waals surface area (Å²) in [7, 11) is 0. The molecule has 1 atom stereocenters. The molecule has 25 heavy (non-hydrogen) atoms. The van der Waals surface area contributed by atoms with E-state index in [4.69, 9.17) is 5.73 Å². The zero-order valence-corrected chi connectivity index (χ0v) is 14.7. The number of nitrogen functional groups attached to an aromatic ring is 1. The lowest BCUT2D eigenvalue weighted by Gasteiger charge is -2.14. The SMILES string of the molecule is CCC(C)NC(=O)c1ccccc1NC(=O)CCc1ccc(N)cc1. The van der Waals surface area contributed by atoms with E-state index in [0.29, 0.717) is 29.8 Å². The molecule has 2 amide bonds. The van der Waals surface area contributed by atoms with Gasteiger partial charge in [-0.2, -0.15) is 0 Å². The second-order valence-electron chi connectivity index (χ2n) is 6.12. The van der Waals surface area contributed by atoms with Crippen molar-refractivity contribution in [1.82, 2.24) is 5.32 Å². The lowest BCUT2D eigenvalue weighted by molar-refractivity contribution is -0.116. The Morgan fingerprint density at radius 2 is 1.76 bits per heavy atom. The Bertz CT molecular complexity index is 726. The zero-order chi connectivity index (χ0) is 18.2. The van der Waals surface area contributed by atoms with E-state index < -0.39 is 0 Å². The molecule has 0 radical (unpaired) electrons. The van der Waals surface area contributed by atoms with Crippen molar-refractivity contribution in [3.05, 3.63) is 59.7 Å². The van der Waals surface area contributed by atoms with Crippen molar-refractivity contribution in [1.29, 1.82) is 0 Å². The van der Waals surface area contributed by atoms with Crippen LogP contribution in [0.1, 0.15) is 42.6 Å². The first-order valence-corrected chi connectivity index (χ1v) is 8.53. The molecule has 0 aliphatic heterocycles. The zero-order valence-electron chi connectivity index (χ0n) is 14.7. The molecule has 132 valence electrons. The van der Waals surface area contributed by atoms with Crippen LogP contribution in [-0.4, -0.2) is 17.9 Å². The minimum absolute atomic E-state index is 0.0850. The van der Waals surface area contributed by atoms with Gasteiger partial charge in [0.15, 0.2) is 0 Å². The summed E-state index contributed by atoms with van der Waals surface area (Å²) in [5.74, 6) is -0.301. The fraction of sp³-hybridized carbons (Fsp3) is 0.300. The highest BCUT2D eigenvalue weighted by Crippen LogP contribution is 2.16. The predicted octanol–water partition coefficient (Wildman–Crippen LogP) is 3.37. The van der Waals surface area contributed by atoms with Crippen LogP contribution in [0, 0.1) is 0 Å². The van der Waals surface area contributed by atoms with Gasteiger partial charge in [0, 0.05) is 18.2 Å². The van der Waals surface area contributed by atoms with Gasteiger partial charge in [0.05, 0.1) is 11.3 Å². The van der Waals surface area contributed by atoms with Gasteiger partial charge in [-0.05, 0) is 49.6 Å². The molecule has 1 unspecified atom stereocenters. The number of carbonyl (C=O) groups is 2. The van der Waals surface area contributed by atoms with E-state index in [9.17, 15) is 9.59 Å². The Hall–Kier alpha value is -2.82. The third-order valence-electron chi connectivity index (χ3n) is 4.06. The molecule has 0 saturated heterocycles. The number of hydrogen-bond donors (Lipinski definition) is 3. The fourth-order valence-corrected chi connectivity index (χ4v) is 2.35. The third-order valence-corrected chi connectivity index (χ3v) is 4.06.